The minimum absolute atomic E-state index is 0.136. The van der Waals surface area contributed by atoms with Gasteiger partial charge in [0.1, 0.15) is 5.82 Å². The van der Waals surface area contributed by atoms with Gasteiger partial charge in [0.15, 0.2) is 11.5 Å². The van der Waals surface area contributed by atoms with Crippen molar-refractivity contribution < 1.29 is 18.7 Å². The summed E-state index contributed by atoms with van der Waals surface area (Å²) in [6.45, 7) is 4.12. The van der Waals surface area contributed by atoms with Crippen LogP contribution in [0.1, 0.15) is 18.1 Å². The lowest BCUT2D eigenvalue weighted by Crippen LogP contribution is -2.09. The highest BCUT2D eigenvalue weighted by molar-refractivity contribution is 6.32. The van der Waals surface area contributed by atoms with Crippen molar-refractivity contribution in [3.63, 3.8) is 0 Å². The normalized spacial score (nSPS) is 10.8. The van der Waals surface area contributed by atoms with Gasteiger partial charge in [-0.25, -0.2) is 4.39 Å². The van der Waals surface area contributed by atoms with Crippen LogP contribution in [0.2, 0.25) is 5.02 Å². The molecule has 6 heteroatoms. The summed E-state index contributed by atoms with van der Waals surface area (Å²) in [7, 11) is 1.51. The third kappa shape index (κ3) is 4.97. The Morgan fingerprint density at radius 2 is 2.08 bits per heavy atom. The van der Waals surface area contributed by atoms with Crippen molar-refractivity contribution >= 4 is 29.3 Å². The molecule has 0 bridgehead atoms. The lowest BCUT2D eigenvalue weighted by atomic mass is 10.1. The van der Waals surface area contributed by atoms with Crippen LogP contribution in [0.3, 0.4) is 0 Å². The smallest absolute Gasteiger partial charge is 0.248 e. The predicted molar refractivity (Wildman–Crippen MR) is 98.0 cm³/mol. The van der Waals surface area contributed by atoms with Gasteiger partial charge >= 0.3 is 0 Å². The number of methoxy groups -OCH3 is 1. The maximum atomic E-state index is 13.7. The summed E-state index contributed by atoms with van der Waals surface area (Å²) in [5.41, 5.74) is 1.64. The van der Waals surface area contributed by atoms with Crippen molar-refractivity contribution in [2.24, 2.45) is 0 Å². The van der Waals surface area contributed by atoms with Crippen LogP contribution in [-0.4, -0.2) is 19.6 Å². The molecule has 0 atom stereocenters. The largest absolute Gasteiger partial charge is 0.493 e. The summed E-state index contributed by atoms with van der Waals surface area (Å²) in [5.74, 6) is -0.0131. The fourth-order valence-electron chi connectivity index (χ4n) is 2.20. The maximum Gasteiger partial charge on any atom is 0.248 e. The molecule has 0 aromatic heterocycles. The molecule has 0 radical (unpaired) electrons. The van der Waals surface area contributed by atoms with Gasteiger partial charge in [0.2, 0.25) is 5.91 Å². The van der Waals surface area contributed by atoms with Crippen LogP contribution in [0, 0.1) is 12.7 Å². The van der Waals surface area contributed by atoms with Crippen LogP contribution >= 0.6 is 11.6 Å². The van der Waals surface area contributed by atoms with E-state index in [0.29, 0.717) is 28.7 Å². The fourth-order valence-corrected chi connectivity index (χ4v) is 2.48. The Bertz CT molecular complexity index is 805. The molecule has 0 spiro atoms. The second kappa shape index (κ2) is 8.53. The number of benzene rings is 2. The molecule has 2 aromatic carbocycles. The van der Waals surface area contributed by atoms with Crippen molar-refractivity contribution in [2.45, 2.75) is 13.8 Å². The highest BCUT2D eigenvalue weighted by Crippen LogP contribution is 2.36. The molecule has 4 nitrogen and oxygen atoms in total. The highest BCUT2D eigenvalue weighted by Gasteiger charge is 2.11. The zero-order valence-electron chi connectivity index (χ0n) is 14.2. The SMILES string of the molecule is CCOc1c(Cl)cc(/C=C/C(=O)Nc2cc(C)ccc2F)cc1OC. The zero-order valence-corrected chi connectivity index (χ0v) is 15.0. The fraction of sp³-hybridized carbons (Fsp3) is 0.211. The van der Waals surface area contributed by atoms with E-state index in [0.717, 1.165) is 5.56 Å². The van der Waals surface area contributed by atoms with Crippen LogP contribution in [0.25, 0.3) is 6.08 Å². The number of carbonyl (C=O) groups excluding carboxylic acids is 1. The Hall–Kier alpha value is -2.53. The average molecular weight is 364 g/mol. The number of hydrogen-bond acceptors (Lipinski definition) is 3. The van der Waals surface area contributed by atoms with Crippen molar-refractivity contribution in [1.29, 1.82) is 0 Å². The molecule has 2 rings (SSSR count). The minimum atomic E-state index is -0.488. The summed E-state index contributed by atoms with van der Waals surface area (Å²) < 4.78 is 24.4. The molecular weight excluding hydrogens is 345 g/mol. The molecule has 0 saturated heterocycles. The van der Waals surface area contributed by atoms with Gasteiger partial charge in [-0.15, -0.1) is 0 Å². The molecule has 1 amide bonds. The first-order chi connectivity index (χ1) is 11.9. The van der Waals surface area contributed by atoms with Crippen LogP contribution in [-0.2, 0) is 4.79 Å². The average Bonchev–Trinajstić information content (AvgIpc) is 2.58. The summed E-state index contributed by atoms with van der Waals surface area (Å²) >= 11 is 6.19. The molecular formula is C19H19ClFNO3. The first-order valence-electron chi connectivity index (χ1n) is 7.70. The molecule has 0 heterocycles. The summed E-state index contributed by atoms with van der Waals surface area (Å²) in [4.78, 5) is 12.0. The van der Waals surface area contributed by atoms with Gasteiger partial charge in [-0.2, -0.15) is 0 Å². The molecule has 0 unspecified atom stereocenters. The van der Waals surface area contributed by atoms with E-state index in [9.17, 15) is 9.18 Å². The number of carbonyl (C=O) groups is 1. The van der Waals surface area contributed by atoms with Crippen LogP contribution in [0.5, 0.6) is 11.5 Å². The second-order valence-electron chi connectivity index (χ2n) is 5.27. The van der Waals surface area contributed by atoms with E-state index in [2.05, 4.69) is 5.32 Å². The molecule has 0 saturated carbocycles. The topological polar surface area (TPSA) is 47.6 Å². The van der Waals surface area contributed by atoms with Crippen molar-refractivity contribution in [3.05, 3.63) is 58.4 Å². The van der Waals surface area contributed by atoms with Crippen molar-refractivity contribution in [1.82, 2.24) is 0 Å². The van der Waals surface area contributed by atoms with E-state index in [-0.39, 0.29) is 5.69 Å². The third-order valence-electron chi connectivity index (χ3n) is 3.35. The van der Waals surface area contributed by atoms with Crippen LogP contribution in [0.15, 0.2) is 36.4 Å². The molecule has 0 aliphatic carbocycles. The number of amides is 1. The Labute approximate surface area is 151 Å². The number of ether oxygens (including phenoxy) is 2. The summed E-state index contributed by atoms with van der Waals surface area (Å²) in [5, 5.41) is 2.89. The standard InChI is InChI=1S/C19H19ClFNO3/c1-4-25-19-14(20)10-13(11-17(19)24-3)6-8-18(23)22-16-9-12(2)5-7-15(16)21/h5-11H,4H2,1-3H3,(H,22,23)/b8-6+. The highest BCUT2D eigenvalue weighted by atomic mass is 35.5. The predicted octanol–water partition coefficient (Wildman–Crippen LogP) is 4.85. The van der Waals surface area contributed by atoms with Gasteiger partial charge in [0.25, 0.3) is 0 Å². The molecule has 0 aliphatic heterocycles. The van der Waals surface area contributed by atoms with E-state index in [1.165, 1.54) is 19.3 Å². The minimum Gasteiger partial charge on any atom is -0.493 e. The van der Waals surface area contributed by atoms with E-state index in [1.807, 2.05) is 13.8 Å². The summed E-state index contributed by atoms with van der Waals surface area (Å²) in [6, 6.07) is 7.87. The van der Waals surface area contributed by atoms with Crippen molar-refractivity contribution in [3.8, 4) is 11.5 Å². The Kier molecular flexibility index (Phi) is 6.42. The Morgan fingerprint density at radius 1 is 1.32 bits per heavy atom. The van der Waals surface area contributed by atoms with Gasteiger partial charge in [0, 0.05) is 6.08 Å². The van der Waals surface area contributed by atoms with E-state index in [4.69, 9.17) is 21.1 Å². The van der Waals surface area contributed by atoms with Gasteiger partial charge in [0.05, 0.1) is 24.4 Å². The molecule has 132 valence electrons. The lowest BCUT2D eigenvalue weighted by molar-refractivity contribution is -0.111. The number of hydrogen-bond donors (Lipinski definition) is 1. The molecule has 2 aromatic rings. The number of anilines is 1. The quantitative estimate of drug-likeness (QED) is 0.746. The van der Waals surface area contributed by atoms with Gasteiger partial charge in [-0.3, -0.25) is 4.79 Å². The second-order valence-corrected chi connectivity index (χ2v) is 5.68. The molecule has 25 heavy (non-hydrogen) atoms. The number of halogens is 2. The maximum absolute atomic E-state index is 13.7. The number of nitrogens with one attached hydrogen (secondary N) is 1. The first kappa shape index (κ1) is 18.8. The third-order valence-corrected chi connectivity index (χ3v) is 3.63. The van der Waals surface area contributed by atoms with Crippen molar-refractivity contribution in [2.75, 3.05) is 19.0 Å². The molecule has 0 aliphatic rings. The van der Waals surface area contributed by atoms with Crippen LogP contribution in [0.4, 0.5) is 10.1 Å². The Morgan fingerprint density at radius 3 is 2.76 bits per heavy atom. The van der Waals surface area contributed by atoms with Gasteiger partial charge < -0.3 is 14.8 Å². The van der Waals surface area contributed by atoms with Gasteiger partial charge in [-0.05, 0) is 55.3 Å². The lowest BCUT2D eigenvalue weighted by Gasteiger charge is -2.11. The molecule has 0 fully saturated rings. The monoisotopic (exact) mass is 363 g/mol. The van der Waals surface area contributed by atoms with E-state index in [1.54, 1.807) is 30.3 Å². The van der Waals surface area contributed by atoms with E-state index < -0.39 is 11.7 Å². The Balaban J connectivity index is 2.16. The first-order valence-corrected chi connectivity index (χ1v) is 8.08. The zero-order chi connectivity index (χ0) is 18.4. The molecule has 1 N–H and O–H groups in total. The van der Waals surface area contributed by atoms with E-state index >= 15 is 0 Å². The van der Waals surface area contributed by atoms with Gasteiger partial charge in [-0.1, -0.05) is 17.7 Å². The number of rotatable bonds is 6. The summed E-state index contributed by atoms with van der Waals surface area (Å²) in [6.07, 6.45) is 2.86. The number of aryl methyl sites for hydroxylation is 1. The van der Waals surface area contributed by atoms with Crippen LogP contribution < -0.4 is 14.8 Å².